The summed E-state index contributed by atoms with van der Waals surface area (Å²) in [6.45, 7) is 4.17. The second-order valence-electron chi connectivity index (χ2n) is 7.20. The molecular weight excluding hydrogens is 322 g/mol. The van der Waals surface area contributed by atoms with E-state index in [-0.39, 0.29) is 17.9 Å². The standard InChI is InChI=1S/C22H23N3O/c1-15(2)20-22(26)24-21-18(13-16-9-5-3-6-10-16)23-19(25(20)21)14-17-11-7-4-8-12-17/h3-12,15,20H,13-14H2,1-2H3,(H,24,26). The summed E-state index contributed by atoms with van der Waals surface area (Å²) in [6.07, 6.45) is 1.44. The molecule has 0 spiro atoms. The van der Waals surface area contributed by atoms with E-state index in [1.165, 1.54) is 11.1 Å². The lowest BCUT2D eigenvalue weighted by atomic mass is 10.0. The van der Waals surface area contributed by atoms with Gasteiger partial charge in [-0.2, -0.15) is 0 Å². The topological polar surface area (TPSA) is 46.9 Å². The molecule has 1 amide bonds. The first kappa shape index (κ1) is 16.6. The molecule has 1 aliphatic rings. The maximum absolute atomic E-state index is 12.6. The van der Waals surface area contributed by atoms with Crippen LogP contribution in [0.25, 0.3) is 0 Å². The van der Waals surface area contributed by atoms with Gasteiger partial charge < -0.3 is 9.88 Å². The molecule has 0 bridgehead atoms. The van der Waals surface area contributed by atoms with Gasteiger partial charge >= 0.3 is 0 Å². The SMILES string of the molecule is CC(C)C1C(=O)Nc2c(Cc3ccccc3)nc(Cc3ccccc3)n21. The number of imidazole rings is 1. The van der Waals surface area contributed by atoms with Crippen LogP contribution in [-0.2, 0) is 17.6 Å². The Morgan fingerprint density at radius 2 is 1.54 bits per heavy atom. The number of carbonyl (C=O) groups is 1. The van der Waals surface area contributed by atoms with Gasteiger partial charge in [0.2, 0.25) is 5.91 Å². The molecule has 0 saturated heterocycles. The van der Waals surface area contributed by atoms with E-state index in [4.69, 9.17) is 4.98 Å². The predicted molar refractivity (Wildman–Crippen MR) is 103 cm³/mol. The van der Waals surface area contributed by atoms with Crippen LogP contribution >= 0.6 is 0 Å². The third kappa shape index (κ3) is 3.03. The highest BCUT2D eigenvalue weighted by Gasteiger charge is 2.37. The van der Waals surface area contributed by atoms with E-state index in [9.17, 15) is 4.79 Å². The number of rotatable bonds is 5. The molecule has 1 unspecified atom stereocenters. The van der Waals surface area contributed by atoms with Crippen molar-refractivity contribution in [3.05, 3.63) is 83.3 Å². The molecule has 0 aliphatic carbocycles. The van der Waals surface area contributed by atoms with Crippen molar-refractivity contribution >= 4 is 11.7 Å². The predicted octanol–water partition coefficient (Wildman–Crippen LogP) is 4.21. The Balaban J connectivity index is 1.76. The minimum atomic E-state index is -0.194. The second-order valence-corrected chi connectivity index (χ2v) is 7.20. The molecule has 0 saturated carbocycles. The summed E-state index contributed by atoms with van der Waals surface area (Å²) in [5.74, 6) is 2.10. The summed E-state index contributed by atoms with van der Waals surface area (Å²) in [4.78, 5) is 17.5. The minimum Gasteiger partial charge on any atom is -0.309 e. The van der Waals surface area contributed by atoms with E-state index >= 15 is 0 Å². The van der Waals surface area contributed by atoms with Crippen LogP contribution in [-0.4, -0.2) is 15.5 Å². The normalized spacial score (nSPS) is 16.0. The largest absolute Gasteiger partial charge is 0.309 e. The Labute approximate surface area is 153 Å². The minimum absolute atomic E-state index is 0.0704. The van der Waals surface area contributed by atoms with Gasteiger partial charge in [-0.1, -0.05) is 74.5 Å². The van der Waals surface area contributed by atoms with Crippen molar-refractivity contribution in [3.8, 4) is 0 Å². The molecule has 26 heavy (non-hydrogen) atoms. The van der Waals surface area contributed by atoms with Crippen molar-refractivity contribution in [1.29, 1.82) is 0 Å². The zero-order chi connectivity index (χ0) is 18.1. The van der Waals surface area contributed by atoms with E-state index < -0.39 is 0 Å². The lowest BCUT2D eigenvalue weighted by Gasteiger charge is -2.16. The highest BCUT2D eigenvalue weighted by molar-refractivity contribution is 5.98. The first-order valence-corrected chi connectivity index (χ1v) is 9.12. The summed E-state index contributed by atoms with van der Waals surface area (Å²) in [7, 11) is 0. The summed E-state index contributed by atoms with van der Waals surface area (Å²) < 4.78 is 2.12. The van der Waals surface area contributed by atoms with Crippen molar-refractivity contribution < 1.29 is 4.79 Å². The van der Waals surface area contributed by atoms with E-state index in [1.807, 2.05) is 36.4 Å². The quantitative estimate of drug-likeness (QED) is 0.753. The maximum Gasteiger partial charge on any atom is 0.248 e. The Hall–Kier alpha value is -2.88. The van der Waals surface area contributed by atoms with Crippen LogP contribution in [0.2, 0.25) is 0 Å². The second kappa shape index (κ2) is 6.79. The first-order valence-electron chi connectivity index (χ1n) is 9.12. The first-order chi connectivity index (χ1) is 12.6. The van der Waals surface area contributed by atoms with Gasteiger partial charge in [0, 0.05) is 12.8 Å². The van der Waals surface area contributed by atoms with Crippen molar-refractivity contribution in [3.63, 3.8) is 0 Å². The van der Waals surface area contributed by atoms with Gasteiger partial charge in [-0.3, -0.25) is 4.79 Å². The van der Waals surface area contributed by atoms with Gasteiger partial charge in [0.1, 0.15) is 17.7 Å². The highest BCUT2D eigenvalue weighted by Crippen LogP contribution is 2.36. The molecule has 2 aromatic carbocycles. The molecule has 0 radical (unpaired) electrons. The van der Waals surface area contributed by atoms with E-state index in [0.717, 1.165) is 30.2 Å². The monoisotopic (exact) mass is 345 g/mol. The summed E-state index contributed by atoms with van der Waals surface area (Å²) >= 11 is 0. The van der Waals surface area contributed by atoms with Crippen molar-refractivity contribution in [2.75, 3.05) is 5.32 Å². The van der Waals surface area contributed by atoms with Gasteiger partial charge in [0.05, 0.1) is 5.69 Å². The molecule has 3 aromatic rings. The fourth-order valence-corrected chi connectivity index (χ4v) is 3.69. The van der Waals surface area contributed by atoms with Crippen LogP contribution < -0.4 is 5.32 Å². The Morgan fingerprint density at radius 1 is 0.962 bits per heavy atom. The summed E-state index contributed by atoms with van der Waals surface area (Å²) in [5.41, 5.74) is 3.34. The molecule has 4 nitrogen and oxygen atoms in total. The number of hydrogen-bond donors (Lipinski definition) is 1. The fraction of sp³-hybridized carbons (Fsp3) is 0.273. The molecule has 132 valence electrons. The van der Waals surface area contributed by atoms with Gasteiger partial charge in [-0.25, -0.2) is 4.98 Å². The molecule has 4 rings (SSSR count). The van der Waals surface area contributed by atoms with Gasteiger partial charge in [-0.05, 0) is 17.0 Å². The van der Waals surface area contributed by atoms with E-state index in [2.05, 4.69) is 48.0 Å². The summed E-state index contributed by atoms with van der Waals surface area (Å²) in [6, 6.07) is 20.4. The average molecular weight is 345 g/mol. The van der Waals surface area contributed by atoms with Crippen molar-refractivity contribution in [1.82, 2.24) is 9.55 Å². The Bertz CT molecular complexity index is 913. The number of nitrogens with one attached hydrogen (secondary N) is 1. The van der Waals surface area contributed by atoms with Gasteiger partial charge in [0.15, 0.2) is 0 Å². The smallest absolute Gasteiger partial charge is 0.248 e. The zero-order valence-electron chi connectivity index (χ0n) is 15.1. The lowest BCUT2D eigenvalue weighted by molar-refractivity contribution is -0.119. The third-order valence-corrected chi connectivity index (χ3v) is 4.90. The molecule has 0 fully saturated rings. The molecule has 1 aliphatic heterocycles. The van der Waals surface area contributed by atoms with Crippen molar-refractivity contribution in [2.45, 2.75) is 32.7 Å². The number of carbonyl (C=O) groups excluding carboxylic acids is 1. The van der Waals surface area contributed by atoms with E-state index in [0.29, 0.717) is 0 Å². The number of hydrogen-bond acceptors (Lipinski definition) is 2. The summed E-state index contributed by atoms with van der Waals surface area (Å²) in [5, 5.41) is 3.09. The van der Waals surface area contributed by atoms with Crippen LogP contribution in [0.1, 0.15) is 42.5 Å². The van der Waals surface area contributed by atoms with Gasteiger partial charge in [0.25, 0.3) is 0 Å². The number of anilines is 1. The van der Waals surface area contributed by atoms with Crippen LogP contribution in [0.15, 0.2) is 60.7 Å². The van der Waals surface area contributed by atoms with Crippen LogP contribution in [0.3, 0.4) is 0 Å². The number of benzene rings is 2. The molecule has 4 heteroatoms. The van der Waals surface area contributed by atoms with Crippen molar-refractivity contribution in [2.24, 2.45) is 5.92 Å². The number of amides is 1. The fourth-order valence-electron chi connectivity index (χ4n) is 3.69. The van der Waals surface area contributed by atoms with Gasteiger partial charge in [-0.15, -0.1) is 0 Å². The average Bonchev–Trinajstić information content (AvgIpc) is 3.14. The molecule has 1 N–H and O–H groups in total. The van der Waals surface area contributed by atoms with Crippen LogP contribution in [0, 0.1) is 5.92 Å². The van der Waals surface area contributed by atoms with E-state index in [1.54, 1.807) is 0 Å². The third-order valence-electron chi connectivity index (χ3n) is 4.90. The number of aromatic nitrogens is 2. The lowest BCUT2D eigenvalue weighted by Crippen LogP contribution is -2.22. The number of fused-ring (bicyclic) bond motifs is 1. The van der Waals surface area contributed by atoms with Crippen LogP contribution in [0.5, 0.6) is 0 Å². The highest BCUT2D eigenvalue weighted by atomic mass is 16.2. The zero-order valence-corrected chi connectivity index (χ0v) is 15.1. The molecule has 1 atom stereocenters. The Morgan fingerprint density at radius 3 is 2.12 bits per heavy atom. The molecular formula is C22H23N3O. The molecule has 2 heterocycles. The molecule has 1 aromatic heterocycles. The maximum atomic E-state index is 12.6. The number of nitrogens with zero attached hydrogens (tertiary/aromatic N) is 2. The Kier molecular flexibility index (Phi) is 4.33. The van der Waals surface area contributed by atoms with Crippen LogP contribution in [0.4, 0.5) is 5.82 Å².